The van der Waals surface area contributed by atoms with Gasteiger partial charge in [0.15, 0.2) is 0 Å². The van der Waals surface area contributed by atoms with E-state index >= 15 is 0 Å². The molecule has 6 heteroatoms. The van der Waals surface area contributed by atoms with Crippen LogP contribution in [0.3, 0.4) is 0 Å². The largest absolute Gasteiger partial charge is 0.480 e. The SMILES string of the molecule is CC(NC(=O)[C@H](CSC(c1ccccc1)(c1ccccc1)c1ccccc1)NC(c1ccccc1)(c1ccccc1)c1ccccc1)C(=O)O. The third-order valence-electron chi connectivity index (χ3n) is 9.06. The number of amides is 1. The summed E-state index contributed by atoms with van der Waals surface area (Å²) in [6, 6.07) is 59.4. The molecule has 0 saturated carbocycles. The monoisotopic (exact) mass is 676 g/mol. The summed E-state index contributed by atoms with van der Waals surface area (Å²) in [5, 5.41) is 16.5. The Morgan fingerprint density at radius 3 is 1.14 bits per heavy atom. The van der Waals surface area contributed by atoms with Crippen molar-refractivity contribution in [2.75, 3.05) is 5.75 Å². The summed E-state index contributed by atoms with van der Waals surface area (Å²) in [5.74, 6) is -1.20. The van der Waals surface area contributed by atoms with Crippen LogP contribution in [0.25, 0.3) is 0 Å². The molecule has 1 unspecified atom stereocenters. The molecule has 0 radical (unpaired) electrons. The highest BCUT2D eigenvalue weighted by atomic mass is 32.2. The molecule has 0 aliphatic carbocycles. The van der Waals surface area contributed by atoms with Gasteiger partial charge in [-0.25, -0.2) is 0 Å². The van der Waals surface area contributed by atoms with Crippen LogP contribution in [0.5, 0.6) is 0 Å². The Bertz CT molecular complexity index is 1770. The zero-order chi connectivity index (χ0) is 34.8. The van der Waals surface area contributed by atoms with E-state index in [1.807, 2.05) is 109 Å². The van der Waals surface area contributed by atoms with E-state index in [2.05, 4.69) is 83.4 Å². The Morgan fingerprint density at radius 1 is 0.540 bits per heavy atom. The van der Waals surface area contributed by atoms with E-state index in [0.29, 0.717) is 5.75 Å². The fourth-order valence-electron chi connectivity index (χ4n) is 6.61. The number of carboxylic acid groups (broad SMARTS) is 1. The van der Waals surface area contributed by atoms with Crippen molar-refractivity contribution in [1.29, 1.82) is 0 Å². The number of thioether (sulfide) groups is 1. The first kappa shape index (κ1) is 34.4. The molecule has 0 bridgehead atoms. The van der Waals surface area contributed by atoms with Gasteiger partial charge in [0.2, 0.25) is 5.91 Å². The highest BCUT2D eigenvalue weighted by Crippen LogP contribution is 2.49. The zero-order valence-electron chi connectivity index (χ0n) is 27.9. The highest BCUT2D eigenvalue weighted by molar-refractivity contribution is 8.00. The van der Waals surface area contributed by atoms with Crippen LogP contribution in [0, 0.1) is 0 Å². The molecule has 250 valence electrons. The van der Waals surface area contributed by atoms with Crippen LogP contribution in [0.1, 0.15) is 40.3 Å². The third kappa shape index (κ3) is 7.13. The zero-order valence-corrected chi connectivity index (χ0v) is 28.7. The first-order valence-electron chi connectivity index (χ1n) is 16.7. The fourth-order valence-corrected chi connectivity index (χ4v) is 8.17. The minimum Gasteiger partial charge on any atom is -0.480 e. The molecule has 0 aromatic heterocycles. The first-order chi connectivity index (χ1) is 24.4. The number of carbonyl (C=O) groups is 2. The maximum Gasteiger partial charge on any atom is 0.325 e. The van der Waals surface area contributed by atoms with Crippen LogP contribution < -0.4 is 10.6 Å². The van der Waals surface area contributed by atoms with Crippen molar-refractivity contribution >= 4 is 23.6 Å². The number of benzene rings is 6. The number of rotatable bonds is 14. The predicted octanol–water partition coefficient (Wildman–Crippen LogP) is 8.25. The molecule has 0 aliphatic rings. The van der Waals surface area contributed by atoms with Crippen molar-refractivity contribution in [2.24, 2.45) is 0 Å². The molecule has 6 aromatic carbocycles. The molecule has 0 heterocycles. The standard InChI is InChI=1S/C44H40N2O3S/c1-33(42(48)49)45-41(47)40(46-43(34-20-8-2-9-21-34,35-22-10-3-11-23-35)36-24-12-4-13-25-36)32-50-44(37-26-14-5-15-27-37,38-28-16-6-17-29-38)39-30-18-7-19-31-39/h2-31,33,40,46H,32H2,1H3,(H,45,47)(H,48,49)/t33?,40-/m0/s1. The summed E-state index contributed by atoms with van der Waals surface area (Å²) in [7, 11) is 0. The van der Waals surface area contributed by atoms with Gasteiger partial charge in [-0.15, -0.1) is 11.8 Å². The van der Waals surface area contributed by atoms with Gasteiger partial charge in [0.1, 0.15) is 6.04 Å². The van der Waals surface area contributed by atoms with Crippen molar-refractivity contribution in [2.45, 2.75) is 29.3 Å². The van der Waals surface area contributed by atoms with Crippen molar-refractivity contribution in [1.82, 2.24) is 10.6 Å². The van der Waals surface area contributed by atoms with E-state index in [4.69, 9.17) is 0 Å². The summed E-state index contributed by atoms with van der Waals surface area (Å²) < 4.78 is -0.697. The van der Waals surface area contributed by atoms with Crippen LogP contribution in [0.2, 0.25) is 0 Å². The molecule has 6 rings (SSSR count). The van der Waals surface area contributed by atoms with Crippen molar-refractivity contribution in [3.8, 4) is 0 Å². The molecule has 0 saturated heterocycles. The molecular formula is C44H40N2O3S. The minimum absolute atomic E-state index is 0.297. The number of hydrogen-bond acceptors (Lipinski definition) is 4. The van der Waals surface area contributed by atoms with E-state index in [1.165, 1.54) is 6.92 Å². The summed E-state index contributed by atoms with van der Waals surface area (Å²) in [6.07, 6.45) is 0. The summed E-state index contributed by atoms with van der Waals surface area (Å²) in [5.41, 5.74) is 5.10. The van der Waals surface area contributed by atoms with Gasteiger partial charge < -0.3 is 10.4 Å². The van der Waals surface area contributed by atoms with Gasteiger partial charge in [0.05, 0.1) is 16.3 Å². The number of carbonyl (C=O) groups excluding carboxylic acids is 1. The normalized spacial score (nSPS) is 12.8. The predicted molar refractivity (Wildman–Crippen MR) is 203 cm³/mol. The van der Waals surface area contributed by atoms with E-state index in [0.717, 1.165) is 33.4 Å². The minimum atomic E-state index is -1.10. The van der Waals surface area contributed by atoms with E-state index < -0.39 is 34.2 Å². The average molecular weight is 677 g/mol. The second-order valence-corrected chi connectivity index (χ2v) is 13.4. The molecule has 0 fully saturated rings. The second-order valence-electron chi connectivity index (χ2n) is 12.2. The number of carboxylic acids is 1. The Morgan fingerprint density at radius 2 is 0.840 bits per heavy atom. The van der Waals surface area contributed by atoms with Crippen molar-refractivity contribution in [3.05, 3.63) is 215 Å². The van der Waals surface area contributed by atoms with Gasteiger partial charge in [-0.3, -0.25) is 14.9 Å². The second kappa shape index (κ2) is 15.9. The molecule has 2 atom stereocenters. The third-order valence-corrected chi connectivity index (χ3v) is 10.7. The van der Waals surface area contributed by atoms with Crippen LogP contribution in [0.4, 0.5) is 0 Å². The summed E-state index contributed by atoms with van der Waals surface area (Å²) in [6.45, 7) is 1.49. The van der Waals surface area contributed by atoms with Crippen molar-refractivity contribution < 1.29 is 14.7 Å². The van der Waals surface area contributed by atoms with Gasteiger partial charge in [-0.1, -0.05) is 182 Å². The van der Waals surface area contributed by atoms with Gasteiger partial charge in [-0.05, 0) is 40.3 Å². The summed E-state index contributed by atoms with van der Waals surface area (Å²) >= 11 is 1.66. The number of hydrogen-bond donors (Lipinski definition) is 3. The maximum atomic E-state index is 14.5. The lowest BCUT2D eigenvalue weighted by molar-refractivity contribution is -0.141. The highest BCUT2D eigenvalue weighted by Gasteiger charge is 2.43. The summed E-state index contributed by atoms with van der Waals surface area (Å²) in [4.78, 5) is 26.5. The number of nitrogens with one attached hydrogen (secondary N) is 2. The van der Waals surface area contributed by atoms with E-state index in [1.54, 1.807) is 11.8 Å². The van der Waals surface area contributed by atoms with Crippen LogP contribution >= 0.6 is 11.8 Å². The molecule has 50 heavy (non-hydrogen) atoms. The molecule has 1 amide bonds. The smallest absolute Gasteiger partial charge is 0.325 e. The first-order valence-corrected chi connectivity index (χ1v) is 17.7. The van der Waals surface area contributed by atoms with Gasteiger partial charge in [-0.2, -0.15) is 0 Å². The lowest BCUT2D eigenvalue weighted by Gasteiger charge is -2.41. The van der Waals surface area contributed by atoms with Crippen LogP contribution in [-0.4, -0.2) is 34.8 Å². The lowest BCUT2D eigenvalue weighted by Crippen LogP contribution is -2.58. The topological polar surface area (TPSA) is 78.4 Å². The Labute approximate surface area is 298 Å². The fraction of sp³-hybridized carbons (Fsp3) is 0.136. The Balaban J connectivity index is 1.54. The molecule has 3 N–H and O–H groups in total. The van der Waals surface area contributed by atoms with Crippen LogP contribution in [0.15, 0.2) is 182 Å². The van der Waals surface area contributed by atoms with Gasteiger partial charge in [0.25, 0.3) is 0 Å². The molecule has 5 nitrogen and oxygen atoms in total. The van der Waals surface area contributed by atoms with Gasteiger partial charge >= 0.3 is 5.97 Å². The molecule has 0 spiro atoms. The van der Waals surface area contributed by atoms with E-state index in [-0.39, 0.29) is 0 Å². The quantitative estimate of drug-likeness (QED) is 0.101. The van der Waals surface area contributed by atoms with Gasteiger partial charge in [0, 0.05) is 5.75 Å². The maximum absolute atomic E-state index is 14.5. The van der Waals surface area contributed by atoms with Crippen molar-refractivity contribution in [3.63, 3.8) is 0 Å². The molecular weight excluding hydrogens is 637 g/mol. The number of aliphatic carboxylic acids is 1. The van der Waals surface area contributed by atoms with Crippen LogP contribution in [-0.2, 0) is 19.9 Å². The lowest BCUT2D eigenvalue weighted by atomic mass is 9.76. The molecule has 6 aromatic rings. The average Bonchev–Trinajstić information content (AvgIpc) is 3.18. The Kier molecular flexibility index (Phi) is 10.9. The van der Waals surface area contributed by atoms with E-state index in [9.17, 15) is 14.7 Å². The Hall–Kier alpha value is -5.43. The molecule has 0 aliphatic heterocycles.